The molecule has 0 radical (unpaired) electrons. The number of aromatic nitrogens is 2. The summed E-state index contributed by atoms with van der Waals surface area (Å²) in [6.45, 7) is 6.38. The molecule has 2 aromatic rings. The Hall–Kier alpha value is -1.57. The Kier molecular flexibility index (Phi) is 2.58. The van der Waals surface area contributed by atoms with E-state index in [1.54, 1.807) is 0 Å². The number of hydrogen-bond donors (Lipinski definition) is 0. The maximum Gasteiger partial charge on any atom is 0.112 e. The second-order valence-electron chi connectivity index (χ2n) is 3.86. The minimum Gasteiger partial charge on any atom is -0.304 e. The molecule has 0 unspecified atom stereocenters. The fourth-order valence-corrected chi connectivity index (χ4v) is 1.89. The average molecular weight is 200 g/mol. The molecule has 2 heteroatoms. The SMILES string of the molecule is CCc1nccn1-c1ccc(C)cc1C. The van der Waals surface area contributed by atoms with Crippen LogP contribution < -0.4 is 0 Å². The molecule has 2 rings (SSSR count). The second kappa shape index (κ2) is 3.89. The molecule has 0 bridgehead atoms. The first-order valence-corrected chi connectivity index (χ1v) is 5.32. The summed E-state index contributed by atoms with van der Waals surface area (Å²) >= 11 is 0. The van der Waals surface area contributed by atoms with Gasteiger partial charge in [0.05, 0.1) is 0 Å². The van der Waals surface area contributed by atoms with Gasteiger partial charge in [-0.05, 0) is 25.5 Å². The fraction of sp³-hybridized carbons (Fsp3) is 0.308. The predicted octanol–water partition coefficient (Wildman–Crippen LogP) is 3.05. The Morgan fingerprint density at radius 1 is 1.27 bits per heavy atom. The third kappa shape index (κ3) is 1.80. The molecule has 78 valence electrons. The van der Waals surface area contributed by atoms with Crippen molar-refractivity contribution in [1.82, 2.24) is 9.55 Å². The molecule has 1 heterocycles. The Bertz CT molecular complexity index is 469. The van der Waals surface area contributed by atoms with Crippen LogP contribution in [-0.2, 0) is 6.42 Å². The minimum atomic E-state index is 0.959. The third-order valence-corrected chi connectivity index (χ3v) is 2.65. The maximum atomic E-state index is 4.34. The van der Waals surface area contributed by atoms with Crippen LogP contribution in [0.1, 0.15) is 23.9 Å². The summed E-state index contributed by atoms with van der Waals surface area (Å²) in [5.41, 5.74) is 3.83. The molecule has 0 amide bonds. The third-order valence-electron chi connectivity index (χ3n) is 2.65. The van der Waals surface area contributed by atoms with Crippen LogP contribution in [-0.4, -0.2) is 9.55 Å². The standard InChI is InChI=1S/C13H16N2/c1-4-13-14-7-8-15(13)12-6-5-10(2)9-11(12)3/h5-9H,4H2,1-3H3. The van der Waals surface area contributed by atoms with E-state index in [1.807, 2.05) is 12.4 Å². The van der Waals surface area contributed by atoms with Gasteiger partial charge in [0.15, 0.2) is 0 Å². The first kappa shape index (κ1) is 9.97. The van der Waals surface area contributed by atoms with Gasteiger partial charge in [-0.3, -0.25) is 0 Å². The van der Waals surface area contributed by atoms with Crippen LogP contribution in [0.3, 0.4) is 0 Å². The molecule has 0 saturated carbocycles. The lowest BCUT2D eigenvalue weighted by atomic mass is 10.1. The van der Waals surface area contributed by atoms with Gasteiger partial charge in [-0.25, -0.2) is 4.98 Å². The number of nitrogens with zero attached hydrogens (tertiary/aromatic N) is 2. The quantitative estimate of drug-likeness (QED) is 0.728. The number of rotatable bonds is 2. The molecular weight excluding hydrogens is 184 g/mol. The Morgan fingerprint density at radius 2 is 2.07 bits per heavy atom. The largest absolute Gasteiger partial charge is 0.304 e. The van der Waals surface area contributed by atoms with Crippen molar-refractivity contribution < 1.29 is 0 Å². The smallest absolute Gasteiger partial charge is 0.112 e. The maximum absolute atomic E-state index is 4.34. The van der Waals surface area contributed by atoms with Crippen LogP contribution in [0.4, 0.5) is 0 Å². The molecule has 0 fully saturated rings. The van der Waals surface area contributed by atoms with E-state index < -0.39 is 0 Å². The highest BCUT2D eigenvalue weighted by Gasteiger charge is 2.05. The molecule has 0 atom stereocenters. The molecule has 0 saturated heterocycles. The number of aryl methyl sites for hydroxylation is 3. The second-order valence-corrected chi connectivity index (χ2v) is 3.86. The number of hydrogen-bond acceptors (Lipinski definition) is 1. The molecule has 1 aromatic heterocycles. The zero-order valence-electron chi connectivity index (χ0n) is 9.49. The Labute approximate surface area is 90.6 Å². The van der Waals surface area contributed by atoms with Crippen LogP contribution in [0.15, 0.2) is 30.6 Å². The van der Waals surface area contributed by atoms with Gasteiger partial charge in [0.2, 0.25) is 0 Å². The average Bonchev–Trinajstić information content (AvgIpc) is 2.65. The summed E-state index contributed by atoms with van der Waals surface area (Å²) in [7, 11) is 0. The van der Waals surface area contributed by atoms with E-state index in [0.29, 0.717) is 0 Å². The van der Waals surface area contributed by atoms with Gasteiger partial charge in [-0.1, -0.05) is 24.6 Å². The zero-order chi connectivity index (χ0) is 10.8. The first-order valence-electron chi connectivity index (χ1n) is 5.32. The normalized spacial score (nSPS) is 10.6. The van der Waals surface area contributed by atoms with Crippen molar-refractivity contribution in [1.29, 1.82) is 0 Å². The molecule has 2 nitrogen and oxygen atoms in total. The first-order chi connectivity index (χ1) is 7.22. The molecule has 0 N–H and O–H groups in total. The number of benzene rings is 1. The summed E-state index contributed by atoms with van der Waals surface area (Å²) in [6, 6.07) is 6.50. The zero-order valence-corrected chi connectivity index (χ0v) is 9.49. The Balaban J connectivity index is 2.54. The van der Waals surface area contributed by atoms with Crippen molar-refractivity contribution in [3.8, 4) is 5.69 Å². The van der Waals surface area contributed by atoms with Crippen molar-refractivity contribution in [3.05, 3.63) is 47.5 Å². The van der Waals surface area contributed by atoms with Crippen molar-refractivity contribution in [3.63, 3.8) is 0 Å². The van der Waals surface area contributed by atoms with Gasteiger partial charge in [0.25, 0.3) is 0 Å². The predicted molar refractivity (Wildman–Crippen MR) is 62.4 cm³/mol. The van der Waals surface area contributed by atoms with Gasteiger partial charge in [-0.15, -0.1) is 0 Å². The lowest BCUT2D eigenvalue weighted by Gasteiger charge is -2.10. The van der Waals surface area contributed by atoms with Crippen LogP contribution in [0, 0.1) is 13.8 Å². The van der Waals surface area contributed by atoms with Crippen molar-refractivity contribution >= 4 is 0 Å². The lowest BCUT2D eigenvalue weighted by molar-refractivity contribution is 0.885. The molecule has 1 aromatic carbocycles. The topological polar surface area (TPSA) is 17.8 Å². The van der Waals surface area contributed by atoms with Crippen molar-refractivity contribution in [2.24, 2.45) is 0 Å². The van der Waals surface area contributed by atoms with Gasteiger partial charge in [0, 0.05) is 24.5 Å². The molecule has 0 aliphatic carbocycles. The van der Waals surface area contributed by atoms with E-state index in [2.05, 4.69) is 48.5 Å². The summed E-state index contributed by atoms with van der Waals surface area (Å²) < 4.78 is 2.16. The highest BCUT2D eigenvalue weighted by atomic mass is 15.1. The monoisotopic (exact) mass is 200 g/mol. The summed E-state index contributed by atoms with van der Waals surface area (Å²) in [6.07, 6.45) is 4.84. The van der Waals surface area contributed by atoms with Gasteiger partial charge < -0.3 is 4.57 Å². The van der Waals surface area contributed by atoms with Gasteiger partial charge in [-0.2, -0.15) is 0 Å². The molecule has 0 aliphatic heterocycles. The molecular formula is C13H16N2. The fourth-order valence-electron chi connectivity index (χ4n) is 1.89. The minimum absolute atomic E-state index is 0.959. The van der Waals surface area contributed by atoms with Crippen molar-refractivity contribution in [2.75, 3.05) is 0 Å². The molecule has 0 aliphatic rings. The van der Waals surface area contributed by atoms with Gasteiger partial charge in [0.1, 0.15) is 5.82 Å². The van der Waals surface area contributed by atoms with E-state index >= 15 is 0 Å². The van der Waals surface area contributed by atoms with E-state index in [1.165, 1.54) is 16.8 Å². The molecule has 15 heavy (non-hydrogen) atoms. The van der Waals surface area contributed by atoms with Crippen molar-refractivity contribution in [2.45, 2.75) is 27.2 Å². The summed E-state index contributed by atoms with van der Waals surface area (Å²) in [5.74, 6) is 1.11. The summed E-state index contributed by atoms with van der Waals surface area (Å²) in [4.78, 5) is 4.34. The lowest BCUT2D eigenvalue weighted by Crippen LogP contribution is -2.01. The van der Waals surface area contributed by atoms with E-state index in [9.17, 15) is 0 Å². The molecule has 0 spiro atoms. The number of imidazole rings is 1. The van der Waals surface area contributed by atoms with E-state index in [0.717, 1.165) is 12.2 Å². The van der Waals surface area contributed by atoms with Crippen LogP contribution in [0.5, 0.6) is 0 Å². The highest BCUT2D eigenvalue weighted by Crippen LogP contribution is 2.17. The van der Waals surface area contributed by atoms with Crippen LogP contribution in [0.25, 0.3) is 5.69 Å². The van der Waals surface area contributed by atoms with E-state index in [-0.39, 0.29) is 0 Å². The Morgan fingerprint density at radius 3 is 2.73 bits per heavy atom. The van der Waals surface area contributed by atoms with Gasteiger partial charge >= 0.3 is 0 Å². The van der Waals surface area contributed by atoms with Crippen LogP contribution >= 0.6 is 0 Å². The van der Waals surface area contributed by atoms with Crippen LogP contribution in [0.2, 0.25) is 0 Å². The highest BCUT2D eigenvalue weighted by molar-refractivity contribution is 5.43. The summed E-state index contributed by atoms with van der Waals surface area (Å²) in [5, 5.41) is 0. The van der Waals surface area contributed by atoms with E-state index in [4.69, 9.17) is 0 Å².